The smallest absolute Gasteiger partial charge is 0.251 e. The first-order chi connectivity index (χ1) is 12.9. The van der Waals surface area contributed by atoms with E-state index < -0.39 is 0 Å². The second-order valence-corrected chi connectivity index (χ2v) is 8.69. The fraction of sp³-hybridized carbons (Fsp3) is 0.304. The van der Waals surface area contributed by atoms with Crippen LogP contribution < -0.4 is 5.56 Å². The summed E-state index contributed by atoms with van der Waals surface area (Å²) in [5, 5.41) is 10.6. The van der Waals surface area contributed by atoms with Gasteiger partial charge in [0.15, 0.2) is 0 Å². The average molecular weight is 421 g/mol. The summed E-state index contributed by atoms with van der Waals surface area (Å²) in [7, 11) is 0. The van der Waals surface area contributed by atoms with E-state index in [1.54, 1.807) is 0 Å². The lowest BCUT2D eigenvalue weighted by Crippen LogP contribution is -2.29. The number of hydrogen-bond donors (Lipinski definition) is 1. The van der Waals surface area contributed by atoms with Gasteiger partial charge in [0.25, 0.3) is 5.56 Å². The number of rotatable bonds is 3. The van der Waals surface area contributed by atoms with E-state index >= 15 is 0 Å². The number of aromatic nitrogens is 1. The first kappa shape index (κ1) is 18.0. The molecule has 1 aliphatic rings. The molecule has 3 aromatic rings. The number of hydrogen-bond acceptors (Lipinski definition) is 2. The fourth-order valence-corrected chi connectivity index (χ4v) is 4.91. The molecule has 27 heavy (non-hydrogen) atoms. The number of aromatic amines is 1. The van der Waals surface area contributed by atoms with Crippen molar-refractivity contribution in [3.05, 3.63) is 79.5 Å². The van der Waals surface area contributed by atoms with E-state index in [1.165, 1.54) is 11.1 Å². The van der Waals surface area contributed by atoms with Gasteiger partial charge in [-0.15, -0.1) is 0 Å². The van der Waals surface area contributed by atoms with Gasteiger partial charge >= 0.3 is 0 Å². The van der Waals surface area contributed by atoms with Crippen molar-refractivity contribution in [3.8, 4) is 6.07 Å². The first-order valence-corrected chi connectivity index (χ1v) is 10.0. The summed E-state index contributed by atoms with van der Waals surface area (Å²) in [5.74, 6) is 0.287. The highest BCUT2D eigenvalue weighted by atomic mass is 79.9. The molecule has 0 spiro atoms. The van der Waals surface area contributed by atoms with E-state index in [0.717, 1.165) is 33.8 Å². The molecule has 2 aromatic carbocycles. The Morgan fingerprint density at radius 3 is 2.85 bits per heavy atom. The second-order valence-electron chi connectivity index (χ2n) is 7.77. The van der Waals surface area contributed by atoms with Crippen LogP contribution in [0.1, 0.15) is 47.9 Å². The minimum absolute atomic E-state index is 0.0577. The minimum atomic E-state index is -0.302. The highest BCUT2D eigenvalue weighted by Crippen LogP contribution is 2.49. The standard InChI is InChI=1S/C23H21BrN2O/c1-14-11-16-3-5-17(13-21(16)26-22(14)27)23(2,9-10-25)20-8-4-15-12-18(24)6-7-19(15)20/h3,5-7,11-13,20H,4,8-9H2,1-2H3,(H,26,27)/t20-,23-/m1/s1. The number of benzene rings is 2. The van der Waals surface area contributed by atoms with Gasteiger partial charge in [0.2, 0.25) is 0 Å². The van der Waals surface area contributed by atoms with Gasteiger partial charge in [0.05, 0.1) is 6.07 Å². The van der Waals surface area contributed by atoms with Crippen molar-refractivity contribution in [1.82, 2.24) is 4.98 Å². The molecule has 3 nitrogen and oxygen atoms in total. The van der Waals surface area contributed by atoms with Crippen molar-refractivity contribution in [1.29, 1.82) is 5.26 Å². The van der Waals surface area contributed by atoms with Crippen molar-refractivity contribution in [2.24, 2.45) is 0 Å². The molecule has 0 fully saturated rings. The fourth-order valence-electron chi connectivity index (χ4n) is 4.50. The van der Waals surface area contributed by atoms with Crippen molar-refractivity contribution in [2.75, 3.05) is 0 Å². The van der Waals surface area contributed by atoms with Crippen LogP contribution >= 0.6 is 15.9 Å². The van der Waals surface area contributed by atoms with Gasteiger partial charge < -0.3 is 4.98 Å². The predicted molar refractivity (Wildman–Crippen MR) is 112 cm³/mol. The first-order valence-electron chi connectivity index (χ1n) is 9.22. The Balaban J connectivity index is 1.86. The van der Waals surface area contributed by atoms with Crippen LogP contribution in [0.2, 0.25) is 0 Å². The van der Waals surface area contributed by atoms with Gasteiger partial charge in [-0.1, -0.05) is 41.1 Å². The molecule has 0 amide bonds. The number of halogens is 1. The number of H-pyrrole nitrogens is 1. The SMILES string of the molecule is Cc1cc2ccc([C@@](C)(CC#N)[C@@H]3CCc4cc(Br)ccc43)cc2[nH]c1=O. The molecule has 0 saturated carbocycles. The molecule has 4 rings (SSSR count). The molecule has 0 radical (unpaired) electrons. The van der Waals surface area contributed by atoms with Crippen LogP contribution in [-0.4, -0.2) is 4.98 Å². The van der Waals surface area contributed by atoms with E-state index in [0.29, 0.717) is 12.0 Å². The molecule has 136 valence electrons. The van der Waals surface area contributed by atoms with Gasteiger partial charge in [-0.3, -0.25) is 4.79 Å². The van der Waals surface area contributed by atoms with Gasteiger partial charge in [-0.25, -0.2) is 0 Å². The van der Waals surface area contributed by atoms with Crippen LogP contribution in [0, 0.1) is 18.3 Å². The summed E-state index contributed by atoms with van der Waals surface area (Å²) in [6.45, 7) is 4.01. The molecule has 0 unspecified atom stereocenters. The zero-order valence-electron chi connectivity index (χ0n) is 15.5. The van der Waals surface area contributed by atoms with Crippen LogP contribution in [0.4, 0.5) is 0 Å². The number of nitriles is 1. The van der Waals surface area contributed by atoms with Crippen molar-refractivity contribution in [3.63, 3.8) is 0 Å². The van der Waals surface area contributed by atoms with Crippen LogP contribution in [0.3, 0.4) is 0 Å². The maximum atomic E-state index is 12.1. The highest BCUT2D eigenvalue weighted by Gasteiger charge is 2.40. The summed E-state index contributed by atoms with van der Waals surface area (Å²) >= 11 is 3.56. The molecule has 1 heterocycles. The largest absolute Gasteiger partial charge is 0.322 e. The van der Waals surface area contributed by atoms with Crippen LogP contribution in [0.5, 0.6) is 0 Å². The molecule has 2 atom stereocenters. The monoisotopic (exact) mass is 420 g/mol. The molecule has 1 aromatic heterocycles. The van der Waals surface area contributed by atoms with Crippen molar-refractivity contribution >= 4 is 26.8 Å². The molecule has 4 heteroatoms. The van der Waals surface area contributed by atoms with Gasteiger partial charge in [-0.05, 0) is 72.0 Å². The predicted octanol–water partition coefficient (Wildman–Crippen LogP) is 5.50. The lowest BCUT2D eigenvalue weighted by atomic mass is 9.67. The molecular weight excluding hydrogens is 400 g/mol. The molecule has 1 aliphatic carbocycles. The molecule has 0 aliphatic heterocycles. The Labute approximate surface area is 167 Å². The summed E-state index contributed by atoms with van der Waals surface area (Å²) in [4.78, 5) is 15.0. The second kappa shape index (κ2) is 6.65. The third-order valence-electron chi connectivity index (χ3n) is 6.09. The topological polar surface area (TPSA) is 56.6 Å². The molecule has 0 bridgehead atoms. The van der Waals surface area contributed by atoms with Gasteiger partial charge in [0.1, 0.15) is 0 Å². The van der Waals surface area contributed by atoms with Crippen LogP contribution in [-0.2, 0) is 11.8 Å². The summed E-state index contributed by atoms with van der Waals surface area (Å²) in [6.07, 6.45) is 2.51. The third kappa shape index (κ3) is 3.00. The summed E-state index contributed by atoms with van der Waals surface area (Å²) in [5.41, 5.74) is 5.00. The van der Waals surface area contributed by atoms with Crippen LogP contribution in [0.15, 0.2) is 51.7 Å². The zero-order chi connectivity index (χ0) is 19.2. The van der Waals surface area contributed by atoms with Gasteiger partial charge in [-0.2, -0.15) is 5.26 Å². The van der Waals surface area contributed by atoms with E-state index in [-0.39, 0.29) is 16.9 Å². The Kier molecular flexibility index (Phi) is 4.44. The average Bonchev–Trinajstić information content (AvgIpc) is 3.06. The van der Waals surface area contributed by atoms with E-state index in [9.17, 15) is 10.1 Å². The third-order valence-corrected chi connectivity index (χ3v) is 6.58. The highest BCUT2D eigenvalue weighted by molar-refractivity contribution is 9.10. The number of aryl methyl sites for hydroxylation is 2. The lowest BCUT2D eigenvalue weighted by Gasteiger charge is -2.35. The number of nitrogens with zero attached hydrogens (tertiary/aromatic N) is 1. The van der Waals surface area contributed by atoms with E-state index in [2.05, 4.69) is 70.3 Å². The Hall–Kier alpha value is -2.38. The van der Waals surface area contributed by atoms with Gasteiger partial charge in [0, 0.05) is 27.4 Å². The number of nitrogens with one attached hydrogen (secondary N) is 1. The van der Waals surface area contributed by atoms with E-state index in [4.69, 9.17) is 0 Å². The summed E-state index contributed by atoms with van der Waals surface area (Å²) in [6, 6.07) is 17.0. The van der Waals surface area contributed by atoms with Crippen molar-refractivity contribution < 1.29 is 0 Å². The Morgan fingerprint density at radius 1 is 1.26 bits per heavy atom. The molecular formula is C23H21BrN2O. The molecule has 0 saturated heterocycles. The van der Waals surface area contributed by atoms with E-state index in [1.807, 2.05) is 13.0 Å². The zero-order valence-corrected chi connectivity index (χ0v) is 17.1. The Morgan fingerprint density at radius 2 is 2.07 bits per heavy atom. The van der Waals surface area contributed by atoms with Crippen LogP contribution in [0.25, 0.3) is 10.9 Å². The van der Waals surface area contributed by atoms with Crippen molar-refractivity contribution in [2.45, 2.75) is 44.4 Å². The maximum absolute atomic E-state index is 12.1. The minimum Gasteiger partial charge on any atom is -0.322 e. The quantitative estimate of drug-likeness (QED) is 0.607. The maximum Gasteiger partial charge on any atom is 0.251 e. The normalized spacial score (nSPS) is 18.1. The number of pyridine rings is 1. The number of fused-ring (bicyclic) bond motifs is 2. The molecule has 1 N–H and O–H groups in total. The lowest BCUT2D eigenvalue weighted by molar-refractivity contribution is 0.380. The Bertz CT molecular complexity index is 1140. The summed E-state index contributed by atoms with van der Waals surface area (Å²) < 4.78 is 1.10.